The molecule has 0 spiro atoms. The number of aromatic nitrogens is 1. The van der Waals surface area contributed by atoms with Crippen molar-refractivity contribution in [1.29, 1.82) is 0 Å². The maximum absolute atomic E-state index is 13.0. The maximum atomic E-state index is 13.0. The number of amides is 1. The molecule has 0 saturated carbocycles. The number of nitrogens with zero attached hydrogens (tertiary/aromatic N) is 1. The van der Waals surface area contributed by atoms with Gasteiger partial charge in [-0.15, -0.1) is 0 Å². The molecule has 0 fully saturated rings. The predicted octanol–water partition coefficient (Wildman–Crippen LogP) is 2.81. The van der Waals surface area contributed by atoms with Crippen LogP contribution in [0.3, 0.4) is 0 Å². The number of rotatable bonds is 6. The predicted molar refractivity (Wildman–Crippen MR) is 80.8 cm³/mol. The Morgan fingerprint density at radius 2 is 2.05 bits per heavy atom. The zero-order chi connectivity index (χ0) is 15.9. The van der Waals surface area contributed by atoms with Crippen LogP contribution in [0.15, 0.2) is 42.7 Å². The molecule has 1 heterocycles. The Labute approximate surface area is 128 Å². The number of carbonyl (C=O) groups is 2. The summed E-state index contributed by atoms with van der Waals surface area (Å²) in [7, 11) is 0. The third-order valence-electron chi connectivity index (χ3n) is 3.28. The van der Waals surface area contributed by atoms with Gasteiger partial charge < -0.3 is 5.32 Å². The fourth-order valence-electron chi connectivity index (χ4n) is 2.09. The molecular weight excluding hydrogens is 283 g/mol. The van der Waals surface area contributed by atoms with Crippen molar-refractivity contribution in [3.05, 3.63) is 65.2 Å². The maximum Gasteiger partial charge on any atom is 0.220 e. The van der Waals surface area contributed by atoms with Crippen molar-refractivity contribution in [3.8, 4) is 0 Å². The molecule has 0 aliphatic carbocycles. The average Bonchev–Trinajstić information content (AvgIpc) is 2.51. The van der Waals surface area contributed by atoms with Crippen LogP contribution >= 0.6 is 0 Å². The van der Waals surface area contributed by atoms with Crippen molar-refractivity contribution in [2.24, 2.45) is 0 Å². The molecule has 5 heteroatoms. The largest absolute Gasteiger partial charge is 0.352 e. The van der Waals surface area contributed by atoms with Gasteiger partial charge in [0.15, 0.2) is 5.78 Å². The molecule has 1 aromatic heterocycles. The molecule has 2 rings (SSSR count). The topological polar surface area (TPSA) is 59.1 Å². The van der Waals surface area contributed by atoms with Crippen molar-refractivity contribution >= 4 is 11.7 Å². The number of halogens is 1. The Morgan fingerprint density at radius 1 is 1.23 bits per heavy atom. The van der Waals surface area contributed by atoms with E-state index in [1.807, 2.05) is 6.07 Å². The summed E-state index contributed by atoms with van der Waals surface area (Å²) in [6, 6.07) is 7.68. The smallest absolute Gasteiger partial charge is 0.220 e. The first-order valence-corrected chi connectivity index (χ1v) is 7.01. The number of hydrogen-bond acceptors (Lipinski definition) is 3. The van der Waals surface area contributed by atoms with Crippen LogP contribution in [0.2, 0.25) is 0 Å². The highest BCUT2D eigenvalue weighted by Gasteiger charge is 2.12. The second kappa shape index (κ2) is 7.45. The normalized spacial score (nSPS) is 10.3. The van der Waals surface area contributed by atoms with Gasteiger partial charge in [-0.1, -0.05) is 6.07 Å². The fourth-order valence-corrected chi connectivity index (χ4v) is 2.09. The van der Waals surface area contributed by atoms with Gasteiger partial charge in [0.1, 0.15) is 5.82 Å². The number of carbonyl (C=O) groups excluding carboxylic acids is 2. The summed E-state index contributed by atoms with van der Waals surface area (Å²) in [6.45, 7) is 2.06. The Hall–Kier alpha value is -2.56. The first-order valence-electron chi connectivity index (χ1n) is 7.01. The van der Waals surface area contributed by atoms with Crippen LogP contribution < -0.4 is 5.32 Å². The fraction of sp³-hybridized carbons (Fsp3) is 0.235. The van der Waals surface area contributed by atoms with Gasteiger partial charge in [-0.3, -0.25) is 14.6 Å². The highest BCUT2D eigenvalue weighted by atomic mass is 19.1. The van der Waals surface area contributed by atoms with Crippen LogP contribution in [0.5, 0.6) is 0 Å². The summed E-state index contributed by atoms with van der Waals surface area (Å²) in [5.74, 6) is -0.728. The molecule has 0 bridgehead atoms. The van der Waals surface area contributed by atoms with Gasteiger partial charge in [-0.2, -0.15) is 0 Å². The zero-order valence-electron chi connectivity index (χ0n) is 12.3. The summed E-state index contributed by atoms with van der Waals surface area (Å²) < 4.78 is 13.0. The lowest BCUT2D eigenvalue weighted by Crippen LogP contribution is -2.23. The van der Waals surface area contributed by atoms with E-state index in [1.165, 1.54) is 18.2 Å². The average molecular weight is 300 g/mol. The minimum atomic E-state index is -0.372. The Morgan fingerprint density at radius 3 is 2.73 bits per heavy atom. The van der Waals surface area contributed by atoms with E-state index >= 15 is 0 Å². The molecule has 0 saturated heterocycles. The minimum absolute atomic E-state index is 0.103. The second-order valence-electron chi connectivity index (χ2n) is 5.02. The van der Waals surface area contributed by atoms with E-state index in [1.54, 1.807) is 25.4 Å². The lowest BCUT2D eigenvalue weighted by Gasteiger charge is -2.06. The summed E-state index contributed by atoms with van der Waals surface area (Å²) in [5, 5.41) is 2.74. The number of benzene rings is 1. The highest BCUT2D eigenvalue weighted by Crippen LogP contribution is 2.13. The quantitative estimate of drug-likeness (QED) is 0.835. The highest BCUT2D eigenvalue weighted by molar-refractivity contribution is 5.99. The van der Waals surface area contributed by atoms with Crippen LogP contribution in [0.4, 0.5) is 4.39 Å². The van der Waals surface area contributed by atoms with E-state index in [0.29, 0.717) is 17.7 Å². The number of pyridine rings is 1. The van der Waals surface area contributed by atoms with E-state index in [-0.39, 0.29) is 30.3 Å². The van der Waals surface area contributed by atoms with Gasteiger partial charge in [-0.25, -0.2) is 4.39 Å². The lowest BCUT2D eigenvalue weighted by atomic mass is 10.0. The van der Waals surface area contributed by atoms with E-state index in [9.17, 15) is 14.0 Å². The van der Waals surface area contributed by atoms with Gasteiger partial charge in [0, 0.05) is 37.3 Å². The van der Waals surface area contributed by atoms with Gasteiger partial charge in [-0.05, 0) is 42.3 Å². The standard InChI is InChI=1S/C17H17FN2O2/c1-12-9-14(18)4-5-15(12)16(21)6-7-17(22)20-11-13-3-2-8-19-10-13/h2-5,8-10H,6-7,11H2,1H3,(H,20,22). The molecule has 1 N–H and O–H groups in total. The summed E-state index contributed by atoms with van der Waals surface area (Å²) in [4.78, 5) is 27.7. The van der Waals surface area contributed by atoms with Crippen molar-refractivity contribution < 1.29 is 14.0 Å². The monoisotopic (exact) mass is 300 g/mol. The summed E-state index contributed by atoms with van der Waals surface area (Å²) in [5.41, 5.74) is 1.94. The number of aryl methyl sites for hydroxylation is 1. The molecule has 0 aliphatic heterocycles. The van der Waals surface area contributed by atoms with Crippen LogP contribution in [0.1, 0.15) is 34.3 Å². The third-order valence-corrected chi connectivity index (χ3v) is 3.28. The zero-order valence-corrected chi connectivity index (χ0v) is 12.3. The Balaban J connectivity index is 1.82. The van der Waals surface area contributed by atoms with Gasteiger partial charge in [0.2, 0.25) is 5.91 Å². The van der Waals surface area contributed by atoms with E-state index in [4.69, 9.17) is 0 Å². The summed E-state index contributed by atoms with van der Waals surface area (Å²) >= 11 is 0. The van der Waals surface area contributed by atoms with E-state index in [0.717, 1.165) is 5.56 Å². The van der Waals surface area contributed by atoms with E-state index < -0.39 is 0 Å². The summed E-state index contributed by atoms with van der Waals surface area (Å²) in [6.07, 6.45) is 3.55. The van der Waals surface area contributed by atoms with Gasteiger partial charge >= 0.3 is 0 Å². The molecular formula is C17H17FN2O2. The molecule has 0 atom stereocenters. The SMILES string of the molecule is Cc1cc(F)ccc1C(=O)CCC(=O)NCc1cccnc1. The number of ketones is 1. The molecule has 0 radical (unpaired) electrons. The first-order chi connectivity index (χ1) is 10.6. The van der Waals surface area contributed by atoms with Crippen molar-refractivity contribution in [3.63, 3.8) is 0 Å². The lowest BCUT2D eigenvalue weighted by molar-refractivity contribution is -0.121. The molecule has 2 aromatic rings. The molecule has 0 aliphatic rings. The Bertz CT molecular complexity index is 672. The van der Waals surface area contributed by atoms with Gasteiger partial charge in [0.05, 0.1) is 0 Å². The van der Waals surface area contributed by atoms with Gasteiger partial charge in [0.25, 0.3) is 0 Å². The van der Waals surface area contributed by atoms with Crippen molar-refractivity contribution in [2.75, 3.05) is 0 Å². The molecule has 0 unspecified atom stereocenters. The van der Waals surface area contributed by atoms with Crippen LogP contribution in [0, 0.1) is 12.7 Å². The van der Waals surface area contributed by atoms with Crippen molar-refractivity contribution in [2.45, 2.75) is 26.3 Å². The Kier molecular flexibility index (Phi) is 5.36. The van der Waals surface area contributed by atoms with Crippen LogP contribution in [0.25, 0.3) is 0 Å². The number of nitrogens with one attached hydrogen (secondary N) is 1. The molecule has 1 amide bonds. The van der Waals surface area contributed by atoms with E-state index in [2.05, 4.69) is 10.3 Å². The number of Topliss-reactive ketones (excluding diaryl/α,β-unsaturated/α-hetero) is 1. The van der Waals surface area contributed by atoms with Crippen molar-refractivity contribution in [1.82, 2.24) is 10.3 Å². The molecule has 22 heavy (non-hydrogen) atoms. The minimum Gasteiger partial charge on any atom is -0.352 e. The van der Waals surface area contributed by atoms with Crippen LogP contribution in [-0.4, -0.2) is 16.7 Å². The molecule has 4 nitrogen and oxygen atoms in total. The molecule has 1 aromatic carbocycles. The number of hydrogen-bond donors (Lipinski definition) is 1. The van der Waals surface area contributed by atoms with Crippen LogP contribution in [-0.2, 0) is 11.3 Å². The third kappa shape index (κ3) is 4.48. The first kappa shape index (κ1) is 15.8. The second-order valence-corrected chi connectivity index (χ2v) is 5.02. The molecule has 114 valence electrons.